The summed E-state index contributed by atoms with van der Waals surface area (Å²) in [5.41, 5.74) is 1.23. The molecule has 0 bridgehead atoms. The van der Waals surface area contributed by atoms with Gasteiger partial charge in [0.25, 0.3) is 0 Å². The van der Waals surface area contributed by atoms with Crippen LogP contribution in [0, 0.1) is 18.3 Å². The molecule has 0 aliphatic carbocycles. The maximum absolute atomic E-state index is 9.79. The normalized spacial score (nSPS) is 12.8. The summed E-state index contributed by atoms with van der Waals surface area (Å²) in [6.45, 7) is 8.46. The molecule has 104 valence electrons. The first-order valence-electron chi connectivity index (χ1n) is 6.24. The number of pyridine rings is 1. The molecule has 1 aromatic rings. The van der Waals surface area contributed by atoms with Gasteiger partial charge in [-0.25, -0.2) is 4.98 Å². The molecular weight excluding hydrogens is 242 g/mol. The molecule has 1 heterocycles. The van der Waals surface area contributed by atoms with Crippen molar-refractivity contribution in [2.24, 2.45) is 0 Å². The number of aliphatic hydroxyl groups is 1. The van der Waals surface area contributed by atoms with Crippen molar-refractivity contribution in [2.45, 2.75) is 39.3 Å². The third-order valence-corrected chi connectivity index (χ3v) is 2.39. The van der Waals surface area contributed by atoms with Crippen molar-refractivity contribution in [3.63, 3.8) is 0 Å². The lowest BCUT2D eigenvalue weighted by molar-refractivity contribution is 0.0976. The number of nitrogens with zero attached hydrogens (tertiary/aromatic N) is 2. The minimum Gasteiger partial charge on any atom is -0.474 e. The molecule has 1 rings (SSSR count). The number of aromatic nitrogens is 1. The van der Waals surface area contributed by atoms with Crippen LogP contribution in [0.3, 0.4) is 0 Å². The summed E-state index contributed by atoms with van der Waals surface area (Å²) in [7, 11) is 0. The Labute approximate surface area is 114 Å². The lowest BCUT2D eigenvalue weighted by atomic mass is 10.1. The summed E-state index contributed by atoms with van der Waals surface area (Å²) < 4.78 is 5.39. The highest BCUT2D eigenvalue weighted by Gasteiger charge is 2.13. The van der Waals surface area contributed by atoms with Crippen molar-refractivity contribution in [2.75, 3.05) is 13.2 Å². The van der Waals surface area contributed by atoms with Gasteiger partial charge in [0.05, 0.1) is 0 Å². The van der Waals surface area contributed by atoms with Crippen LogP contribution in [0.5, 0.6) is 5.88 Å². The predicted octanol–water partition coefficient (Wildman–Crippen LogP) is 1.39. The molecule has 0 spiro atoms. The zero-order chi connectivity index (χ0) is 14.5. The second kappa shape index (κ2) is 6.50. The summed E-state index contributed by atoms with van der Waals surface area (Å²) in [5, 5.41) is 21.9. The van der Waals surface area contributed by atoms with Gasteiger partial charge in [0, 0.05) is 18.3 Å². The average molecular weight is 263 g/mol. The smallest absolute Gasteiger partial charge is 0.231 e. The molecule has 0 saturated carbocycles. The van der Waals surface area contributed by atoms with Crippen molar-refractivity contribution in [3.8, 4) is 11.9 Å². The fourth-order valence-corrected chi connectivity index (χ4v) is 1.41. The molecule has 1 aromatic heterocycles. The maximum Gasteiger partial charge on any atom is 0.231 e. The van der Waals surface area contributed by atoms with Gasteiger partial charge in [-0.2, -0.15) is 5.26 Å². The first kappa shape index (κ1) is 15.4. The number of hydrogen-bond donors (Lipinski definition) is 2. The van der Waals surface area contributed by atoms with Crippen LogP contribution in [0.25, 0.3) is 0 Å². The summed E-state index contributed by atoms with van der Waals surface area (Å²) in [6.07, 6.45) is 0.990. The quantitative estimate of drug-likeness (QED) is 0.839. The average Bonchev–Trinajstić information content (AvgIpc) is 2.33. The van der Waals surface area contributed by atoms with Crippen molar-refractivity contribution in [1.82, 2.24) is 10.3 Å². The molecule has 0 radical (unpaired) electrons. The lowest BCUT2D eigenvalue weighted by Gasteiger charge is -2.22. The van der Waals surface area contributed by atoms with Crippen LogP contribution < -0.4 is 10.1 Å². The fraction of sp³-hybridized carbons (Fsp3) is 0.571. The number of β-amino-alcohol motifs (C(OH)–C–C–N with tert-alkyl or cyclic N) is 1. The second-order valence-electron chi connectivity index (χ2n) is 5.57. The molecule has 0 amide bonds. The monoisotopic (exact) mass is 263 g/mol. The molecular formula is C14H21N3O2. The largest absolute Gasteiger partial charge is 0.474 e. The maximum atomic E-state index is 9.79. The van der Waals surface area contributed by atoms with Crippen molar-refractivity contribution in [3.05, 3.63) is 23.4 Å². The van der Waals surface area contributed by atoms with Gasteiger partial charge >= 0.3 is 0 Å². The standard InChI is InChI=1S/C14H21N3O2/c1-10-5-11(6-15)13(16-7-10)19-9-12(18)8-17-14(2,3)4/h5,7,12,17-18H,8-9H2,1-4H3. The summed E-state index contributed by atoms with van der Waals surface area (Å²) in [5.74, 6) is 0.267. The van der Waals surface area contributed by atoms with Gasteiger partial charge in [-0.05, 0) is 39.3 Å². The fourth-order valence-electron chi connectivity index (χ4n) is 1.41. The van der Waals surface area contributed by atoms with Crippen molar-refractivity contribution in [1.29, 1.82) is 5.26 Å². The predicted molar refractivity (Wildman–Crippen MR) is 72.9 cm³/mol. The minimum atomic E-state index is -0.645. The van der Waals surface area contributed by atoms with Gasteiger partial charge in [0.15, 0.2) is 0 Å². The van der Waals surface area contributed by atoms with Gasteiger partial charge in [-0.3, -0.25) is 0 Å². The van der Waals surface area contributed by atoms with E-state index in [1.54, 1.807) is 12.3 Å². The number of aryl methyl sites for hydroxylation is 1. The van der Waals surface area contributed by atoms with Gasteiger partial charge in [-0.15, -0.1) is 0 Å². The van der Waals surface area contributed by atoms with Crippen LogP contribution in [0.15, 0.2) is 12.3 Å². The minimum absolute atomic E-state index is 0.0547. The zero-order valence-electron chi connectivity index (χ0n) is 11.9. The zero-order valence-corrected chi connectivity index (χ0v) is 11.9. The number of hydrogen-bond acceptors (Lipinski definition) is 5. The molecule has 0 saturated heterocycles. The van der Waals surface area contributed by atoms with Crippen LogP contribution in [0.1, 0.15) is 31.9 Å². The summed E-state index contributed by atoms with van der Waals surface area (Å²) in [6, 6.07) is 3.74. The van der Waals surface area contributed by atoms with Gasteiger partial charge in [-0.1, -0.05) is 0 Å². The first-order valence-corrected chi connectivity index (χ1v) is 6.24. The van der Waals surface area contributed by atoms with E-state index in [0.717, 1.165) is 5.56 Å². The van der Waals surface area contributed by atoms with Crippen LogP contribution in [-0.2, 0) is 0 Å². The Balaban J connectivity index is 2.51. The van der Waals surface area contributed by atoms with E-state index in [0.29, 0.717) is 12.1 Å². The Bertz CT molecular complexity index is 461. The molecule has 1 unspecified atom stereocenters. The molecule has 0 aliphatic rings. The summed E-state index contributed by atoms with van der Waals surface area (Å²) in [4.78, 5) is 4.05. The highest BCUT2D eigenvalue weighted by atomic mass is 16.5. The highest BCUT2D eigenvalue weighted by Crippen LogP contribution is 2.15. The molecule has 5 heteroatoms. The van der Waals surface area contributed by atoms with Crippen molar-refractivity contribution < 1.29 is 9.84 Å². The number of aliphatic hydroxyl groups excluding tert-OH is 1. The lowest BCUT2D eigenvalue weighted by Crippen LogP contribution is -2.42. The van der Waals surface area contributed by atoms with Gasteiger partial charge < -0.3 is 15.2 Å². The van der Waals surface area contributed by atoms with Crippen LogP contribution in [-0.4, -0.2) is 34.9 Å². The van der Waals surface area contributed by atoms with Crippen LogP contribution in [0.2, 0.25) is 0 Å². The Morgan fingerprint density at radius 3 is 2.79 bits per heavy atom. The van der Waals surface area contributed by atoms with E-state index in [9.17, 15) is 5.11 Å². The number of nitrogens with one attached hydrogen (secondary N) is 1. The molecule has 1 atom stereocenters. The molecule has 5 nitrogen and oxygen atoms in total. The second-order valence-corrected chi connectivity index (χ2v) is 5.57. The number of nitriles is 1. The molecule has 0 aromatic carbocycles. The molecule has 2 N–H and O–H groups in total. The Hall–Kier alpha value is -1.64. The van der Waals surface area contributed by atoms with Gasteiger partial charge in [0.1, 0.15) is 24.3 Å². The Morgan fingerprint density at radius 1 is 1.53 bits per heavy atom. The van der Waals surface area contributed by atoms with E-state index < -0.39 is 6.10 Å². The summed E-state index contributed by atoms with van der Waals surface area (Å²) >= 11 is 0. The number of rotatable bonds is 5. The van der Waals surface area contributed by atoms with E-state index >= 15 is 0 Å². The topological polar surface area (TPSA) is 78.2 Å². The Morgan fingerprint density at radius 2 is 2.21 bits per heavy atom. The molecule has 0 fully saturated rings. The SMILES string of the molecule is Cc1cnc(OCC(O)CNC(C)(C)C)c(C#N)c1. The van der Waals surface area contributed by atoms with Gasteiger partial charge in [0.2, 0.25) is 5.88 Å². The van der Waals surface area contributed by atoms with E-state index in [1.807, 2.05) is 33.8 Å². The van der Waals surface area contributed by atoms with Crippen molar-refractivity contribution >= 4 is 0 Å². The Kier molecular flexibility index (Phi) is 5.28. The third kappa shape index (κ3) is 5.69. The van der Waals surface area contributed by atoms with Crippen LogP contribution in [0.4, 0.5) is 0 Å². The van der Waals surface area contributed by atoms with E-state index in [1.165, 1.54) is 0 Å². The number of ether oxygens (including phenoxy) is 1. The molecule has 19 heavy (non-hydrogen) atoms. The van der Waals surface area contributed by atoms with E-state index in [-0.39, 0.29) is 18.0 Å². The third-order valence-electron chi connectivity index (χ3n) is 2.39. The first-order chi connectivity index (χ1) is 8.81. The molecule has 0 aliphatic heterocycles. The van der Waals surface area contributed by atoms with E-state index in [2.05, 4.69) is 10.3 Å². The van der Waals surface area contributed by atoms with E-state index in [4.69, 9.17) is 10.00 Å². The van der Waals surface area contributed by atoms with Crippen LogP contribution >= 0.6 is 0 Å². The highest BCUT2D eigenvalue weighted by molar-refractivity contribution is 5.39.